The molecule has 0 radical (unpaired) electrons. The Kier molecular flexibility index (Phi) is 11.9. The Morgan fingerprint density at radius 2 is 1.62 bits per heavy atom. The second-order valence-electron chi connectivity index (χ2n) is 14.3. The monoisotopic (exact) mass is 678 g/mol. The molecule has 10 heteroatoms. The summed E-state index contributed by atoms with van der Waals surface area (Å²) in [6, 6.07) is 27.4. The molecule has 0 aliphatic carbocycles. The summed E-state index contributed by atoms with van der Waals surface area (Å²) in [6.45, 7) is 9.18. The summed E-state index contributed by atoms with van der Waals surface area (Å²) in [5, 5.41) is 14.6. The van der Waals surface area contributed by atoms with Gasteiger partial charge in [0, 0.05) is 42.5 Å². The van der Waals surface area contributed by atoms with E-state index in [2.05, 4.69) is 15.3 Å². The van der Waals surface area contributed by atoms with Crippen molar-refractivity contribution in [2.75, 3.05) is 20.2 Å². The molecule has 4 N–H and O–H groups in total. The van der Waals surface area contributed by atoms with E-state index in [0.717, 1.165) is 33.8 Å². The number of benzene rings is 2. The van der Waals surface area contributed by atoms with Gasteiger partial charge in [-0.05, 0) is 60.9 Å². The molecular formula is C40H50N6O4. The van der Waals surface area contributed by atoms with Crippen molar-refractivity contribution in [3.63, 3.8) is 0 Å². The van der Waals surface area contributed by atoms with Gasteiger partial charge in [0.2, 0.25) is 11.8 Å². The number of aryl methyl sites for hydroxylation is 1. The summed E-state index contributed by atoms with van der Waals surface area (Å²) in [4.78, 5) is 40.4. The van der Waals surface area contributed by atoms with Crippen LogP contribution in [0, 0.1) is 12.3 Å². The van der Waals surface area contributed by atoms with Crippen LogP contribution in [0.4, 0.5) is 4.79 Å². The summed E-state index contributed by atoms with van der Waals surface area (Å²) < 4.78 is 5.26. The van der Waals surface area contributed by atoms with E-state index < -0.39 is 29.6 Å². The number of hydrogen-bond acceptors (Lipinski definition) is 7. The normalized spacial score (nSPS) is 15.8. The fourth-order valence-electron chi connectivity index (χ4n) is 6.62. The Morgan fingerprint density at radius 1 is 0.920 bits per heavy atom. The number of hydrogen-bond donors (Lipinski definition) is 3. The number of amides is 3. The van der Waals surface area contributed by atoms with Crippen LogP contribution < -0.4 is 15.8 Å². The third-order valence-corrected chi connectivity index (χ3v) is 9.15. The van der Waals surface area contributed by atoms with Crippen molar-refractivity contribution in [2.45, 2.75) is 77.7 Å². The zero-order chi connectivity index (χ0) is 35.8. The Hall–Kier alpha value is -4.80. The fraction of sp³-hybridized carbons (Fsp3) is 0.400. The summed E-state index contributed by atoms with van der Waals surface area (Å²) in [6.07, 6.45) is 0.331. The minimum atomic E-state index is -0.887. The highest BCUT2D eigenvalue weighted by molar-refractivity contribution is 5.89. The molecule has 0 bridgehead atoms. The number of aliphatic hydroxyl groups excluding tert-OH is 1. The number of ether oxygens (including phenoxy) is 1. The van der Waals surface area contributed by atoms with E-state index in [1.165, 1.54) is 0 Å². The molecular weight excluding hydrogens is 628 g/mol. The van der Waals surface area contributed by atoms with Crippen LogP contribution in [-0.4, -0.2) is 81.2 Å². The number of pyridine rings is 2. The van der Waals surface area contributed by atoms with E-state index in [0.29, 0.717) is 38.4 Å². The maximum Gasteiger partial charge on any atom is 0.321 e. The number of carbonyl (C=O) groups is 2. The number of methoxy groups -OCH3 is 1. The van der Waals surface area contributed by atoms with Crippen LogP contribution in [0.25, 0.3) is 11.3 Å². The van der Waals surface area contributed by atoms with Gasteiger partial charge in [-0.2, -0.15) is 0 Å². The predicted octanol–water partition coefficient (Wildman–Crippen LogP) is 5.16. The van der Waals surface area contributed by atoms with Crippen LogP contribution in [0.3, 0.4) is 0 Å². The van der Waals surface area contributed by atoms with Gasteiger partial charge in [-0.1, -0.05) is 87.5 Å². The summed E-state index contributed by atoms with van der Waals surface area (Å²) in [7, 11) is 1.59. The van der Waals surface area contributed by atoms with Crippen LogP contribution in [0.15, 0.2) is 91.0 Å². The quantitative estimate of drug-likeness (QED) is 0.168. The highest BCUT2D eigenvalue weighted by Gasteiger charge is 2.44. The molecule has 2 aromatic carbocycles. The number of urea groups is 1. The Balaban J connectivity index is 1.27. The summed E-state index contributed by atoms with van der Waals surface area (Å²) in [5.74, 6) is 0.303. The van der Waals surface area contributed by atoms with Gasteiger partial charge in [-0.3, -0.25) is 9.78 Å². The third-order valence-electron chi connectivity index (χ3n) is 9.15. The van der Waals surface area contributed by atoms with Crippen molar-refractivity contribution in [1.29, 1.82) is 0 Å². The minimum Gasteiger partial charge on any atom is -0.481 e. The molecule has 1 aliphatic rings. The Labute approximate surface area is 295 Å². The Morgan fingerprint density at radius 3 is 2.30 bits per heavy atom. The lowest BCUT2D eigenvalue weighted by Crippen LogP contribution is -2.57. The number of nitrogens with zero attached hydrogens (tertiary/aromatic N) is 4. The predicted molar refractivity (Wildman–Crippen MR) is 195 cm³/mol. The lowest BCUT2D eigenvalue weighted by molar-refractivity contribution is -0.129. The average molecular weight is 679 g/mol. The van der Waals surface area contributed by atoms with E-state index in [4.69, 9.17) is 10.5 Å². The van der Waals surface area contributed by atoms with E-state index in [1.54, 1.807) is 23.0 Å². The molecule has 5 rings (SSSR count). The zero-order valence-corrected chi connectivity index (χ0v) is 29.8. The van der Waals surface area contributed by atoms with Crippen LogP contribution >= 0.6 is 0 Å². The Bertz CT molecular complexity index is 1730. The molecule has 4 aromatic rings. The van der Waals surface area contributed by atoms with Gasteiger partial charge in [-0.15, -0.1) is 0 Å². The second kappa shape index (κ2) is 16.3. The number of aliphatic hydroxyl groups is 1. The summed E-state index contributed by atoms with van der Waals surface area (Å²) in [5.41, 5.74) is 11.5. The lowest BCUT2D eigenvalue weighted by atomic mass is 9.84. The second-order valence-corrected chi connectivity index (χ2v) is 14.3. The molecule has 2 aromatic heterocycles. The molecule has 1 aliphatic heterocycles. The van der Waals surface area contributed by atoms with Crippen molar-refractivity contribution in [3.8, 4) is 17.1 Å². The first-order chi connectivity index (χ1) is 23.9. The molecule has 1 saturated heterocycles. The average Bonchev–Trinajstić information content (AvgIpc) is 3.43. The van der Waals surface area contributed by atoms with E-state index >= 15 is 0 Å². The topological polar surface area (TPSA) is 134 Å². The third kappa shape index (κ3) is 9.46. The molecule has 3 amide bonds. The van der Waals surface area contributed by atoms with E-state index in [1.807, 2.05) is 113 Å². The standard InChI is InChI=1S/C40H50N6O4/c1-27-11-9-14-31(42-27)26-45-21-22-46(39(45)49)37(40(2,3)4)38(48)43-32(23-28-12-7-6-8-13-28)25-35(47)33(41)24-29-17-19-30(20-18-29)34-15-10-16-36(44-34)50-5/h6-20,32-33,35,37,47H,21-26,41H2,1-5H3,(H,43,48)/t32-,33-,35-,37?/m0/s1. The van der Waals surface area contributed by atoms with Gasteiger partial charge in [-0.25, -0.2) is 9.78 Å². The first-order valence-corrected chi connectivity index (χ1v) is 17.3. The number of carbonyl (C=O) groups excluding carboxylic acids is 2. The molecule has 1 fully saturated rings. The van der Waals surface area contributed by atoms with Crippen LogP contribution in [0.5, 0.6) is 5.88 Å². The molecule has 10 nitrogen and oxygen atoms in total. The van der Waals surface area contributed by atoms with Crippen molar-refractivity contribution in [3.05, 3.63) is 114 Å². The number of rotatable bonds is 14. The molecule has 1 unspecified atom stereocenters. The largest absolute Gasteiger partial charge is 0.481 e. The van der Waals surface area contributed by atoms with Crippen molar-refractivity contribution < 1.29 is 19.4 Å². The van der Waals surface area contributed by atoms with Crippen molar-refractivity contribution in [2.24, 2.45) is 11.1 Å². The van der Waals surface area contributed by atoms with E-state index in [-0.39, 0.29) is 18.4 Å². The van der Waals surface area contributed by atoms with Crippen LogP contribution in [-0.2, 0) is 24.2 Å². The van der Waals surface area contributed by atoms with Gasteiger partial charge >= 0.3 is 6.03 Å². The lowest BCUT2D eigenvalue weighted by Gasteiger charge is -2.37. The van der Waals surface area contributed by atoms with Crippen molar-refractivity contribution >= 4 is 11.9 Å². The summed E-state index contributed by atoms with van der Waals surface area (Å²) >= 11 is 0. The van der Waals surface area contributed by atoms with Crippen molar-refractivity contribution in [1.82, 2.24) is 25.1 Å². The molecule has 50 heavy (non-hydrogen) atoms. The maximum absolute atomic E-state index is 14.2. The zero-order valence-electron chi connectivity index (χ0n) is 29.8. The minimum absolute atomic E-state index is 0.182. The first kappa shape index (κ1) is 36.5. The number of aromatic nitrogens is 2. The van der Waals surface area contributed by atoms with Gasteiger partial charge in [0.25, 0.3) is 0 Å². The van der Waals surface area contributed by atoms with Gasteiger partial charge in [0.1, 0.15) is 6.04 Å². The molecule has 4 atom stereocenters. The fourth-order valence-corrected chi connectivity index (χ4v) is 6.62. The maximum atomic E-state index is 14.2. The molecule has 3 heterocycles. The van der Waals surface area contributed by atoms with Gasteiger partial charge < -0.3 is 30.7 Å². The highest BCUT2D eigenvalue weighted by atomic mass is 16.5. The molecule has 0 saturated carbocycles. The SMILES string of the molecule is COc1cccc(-c2ccc(C[C@H](N)[C@@H](O)C[C@H](Cc3ccccc3)NC(=O)C(N3CCN(Cc4cccc(C)n4)C3=O)C(C)(C)C)cc2)n1. The number of nitrogens with two attached hydrogens (primary N) is 1. The smallest absolute Gasteiger partial charge is 0.321 e. The number of nitrogens with one attached hydrogen (secondary N) is 1. The van der Waals surface area contributed by atoms with Crippen LogP contribution in [0.1, 0.15) is 49.7 Å². The van der Waals surface area contributed by atoms with Crippen LogP contribution in [0.2, 0.25) is 0 Å². The van der Waals surface area contributed by atoms with Gasteiger partial charge in [0.15, 0.2) is 0 Å². The molecule has 264 valence electrons. The first-order valence-electron chi connectivity index (χ1n) is 17.3. The molecule has 0 spiro atoms. The van der Waals surface area contributed by atoms with E-state index in [9.17, 15) is 14.7 Å². The van der Waals surface area contributed by atoms with Gasteiger partial charge in [0.05, 0.1) is 31.1 Å². The highest BCUT2D eigenvalue weighted by Crippen LogP contribution is 2.29.